The second kappa shape index (κ2) is 7.72. The second-order valence-electron chi connectivity index (χ2n) is 8.16. The minimum absolute atomic E-state index is 0.0816. The van der Waals surface area contributed by atoms with Gasteiger partial charge in [0.2, 0.25) is 0 Å². The van der Waals surface area contributed by atoms with E-state index in [4.69, 9.17) is 0 Å². The van der Waals surface area contributed by atoms with Gasteiger partial charge in [0.1, 0.15) is 11.4 Å². The predicted molar refractivity (Wildman–Crippen MR) is 109 cm³/mol. The molecule has 0 saturated heterocycles. The summed E-state index contributed by atoms with van der Waals surface area (Å²) in [6, 6.07) is 10.3. The molecule has 162 valence electrons. The SMILES string of the molecule is CC1(C)CC(c2ccccn2)Nc2c(C(=O)NCc3ccc(C(F)(F)F)cc3)cnn21. The van der Waals surface area contributed by atoms with Crippen molar-refractivity contribution in [1.82, 2.24) is 20.1 Å². The maximum absolute atomic E-state index is 12.8. The number of nitrogens with zero attached hydrogens (tertiary/aromatic N) is 3. The summed E-state index contributed by atoms with van der Waals surface area (Å²) in [7, 11) is 0. The minimum atomic E-state index is -4.39. The summed E-state index contributed by atoms with van der Waals surface area (Å²) in [6.07, 6.45) is -0.409. The summed E-state index contributed by atoms with van der Waals surface area (Å²) in [5.41, 5.74) is 0.761. The third-order valence-electron chi connectivity index (χ3n) is 5.38. The number of alkyl halides is 3. The Morgan fingerprint density at radius 3 is 2.61 bits per heavy atom. The Balaban J connectivity index is 1.51. The molecular weight excluding hydrogens is 407 g/mol. The van der Waals surface area contributed by atoms with Crippen LogP contribution in [0.3, 0.4) is 0 Å². The lowest BCUT2D eigenvalue weighted by atomic mass is 9.91. The van der Waals surface area contributed by atoms with Crippen molar-refractivity contribution < 1.29 is 18.0 Å². The lowest BCUT2D eigenvalue weighted by molar-refractivity contribution is -0.137. The van der Waals surface area contributed by atoms with E-state index in [1.165, 1.54) is 18.3 Å². The number of fused-ring (bicyclic) bond motifs is 1. The van der Waals surface area contributed by atoms with Gasteiger partial charge in [-0.05, 0) is 50.1 Å². The van der Waals surface area contributed by atoms with Crippen LogP contribution in [0.2, 0.25) is 0 Å². The first kappa shape index (κ1) is 20.9. The molecule has 4 rings (SSSR count). The number of carbonyl (C=O) groups is 1. The van der Waals surface area contributed by atoms with Gasteiger partial charge in [-0.25, -0.2) is 4.68 Å². The van der Waals surface area contributed by atoms with Gasteiger partial charge in [0.15, 0.2) is 0 Å². The smallest absolute Gasteiger partial charge is 0.361 e. The molecule has 3 aromatic rings. The zero-order valence-electron chi connectivity index (χ0n) is 17.1. The highest BCUT2D eigenvalue weighted by Crippen LogP contribution is 2.39. The summed E-state index contributed by atoms with van der Waals surface area (Å²) in [4.78, 5) is 17.3. The number of halogens is 3. The maximum Gasteiger partial charge on any atom is 0.416 e. The molecule has 1 aromatic carbocycles. The van der Waals surface area contributed by atoms with Crippen molar-refractivity contribution in [2.24, 2.45) is 0 Å². The van der Waals surface area contributed by atoms with Crippen LogP contribution in [0.5, 0.6) is 0 Å². The van der Waals surface area contributed by atoms with Crippen molar-refractivity contribution in [1.29, 1.82) is 0 Å². The molecule has 6 nitrogen and oxygen atoms in total. The molecule has 0 aliphatic carbocycles. The quantitative estimate of drug-likeness (QED) is 0.640. The minimum Gasteiger partial charge on any atom is -0.361 e. The molecule has 3 heterocycles. The van der Waals surface area contributed by atoms with Gasteiger partial charge in [-0.2, -0.15) is 18.3 Å². The van der Waals surface area contributed by atoms with Crippen LogP contribution in [-0.4, -0.2) is 20.7 Å². The molecule has 1 aliphatic rings. The standard InChI is InChI=1S/C22H22F3N5O/c1-21(2)11-18(17-5-3-4-10-26-17)29-19-16(13-28-30(19)21)20(31)27-12-14-6-8-15(9-7-14)22(23,24)25/h3-10,13,18,29H,11-12H2,1-2H3,(H,27,31). The van der Waals surface area contributed by atoms with Crippen molar-refractivity contribution in [3.05, 3.63) is 77.2 Å². The van der Waals surface area contributed by atoms with Crippen LogP contribution in [-0.2, 0) is 18.3 Å². The maximum atomic E-state index is 12.8. The van der Waals surface area contributed by atoms with Crippen LogP contribution >= 0.6 is 0 Å². The average Bonchev–Trinajstić information content (AvgIpc) is 3.17. The van der Waals surface area contributed by atoms with Crippen LogP contribution in [0, 0.1) is 0 Å². The number of carbonyl (C=O) groups excluding carboxylic acids is 1. The molecule has 0 radical (unpaired) electrons. The van der Waals surface area contributed by atoms with Gasteiger partial charge in [0.05, 0.1) is 29.0 Å². The lowest BCUT2D eigenvalue weighted by Gasteiger charge is -2.37. The Labute approximate surface area is 177 Å². The first-order valence-corrected chi connectivity index (χ1v) is 9.85. The van der Waals surface area contributed by atoms with E-state index in [2.05, 4.69) is 20.7 Å². The molecule has 0 spiro atoms. The molecule has 1 aliphatic heterocycles. The van der Waals surface area contributed by atoms with Crippen LogP contribution in [0.25, 0.3) is 0 Å². The van der Waals surface area contributed by atoms with E-state index in [0.29, 0.717) is 16.9 Å². The first-order chi connectivity index (χ1) is 14.6. The van der Waals surface area contributed by atoms with Crippen molar-refractivity contribution in [2.75, 3.05) is 5.32 Å². The van der Waals surface area contributed by atoms with Gasteiger partial charge < -0.3 is 10.6 Å². The van der Waals surface area contributed by atoms with Gasteiger partial charge in [-0.3, -0.25) is 9.78 Å². The summed E-state index contributed by atoms with van der Waals surface area (Å²) >= 11 is 0. The Kier molecular flexibility index (Phi) is 5.20. The molecular formula is C22H22F3N5O. The Bertz CT molecular complexity index is 1070. The second-order valence-corrected chi connectivity index (χ2v) is 8.16. The third-order valence-corrected chi connectivity index (χ3v) is 5.38. The fraction of sp³-hybridized carbons (Fsp3) is 0.318. The van der Waals surface area contributed by atoms with Crippen molar-refractivity contribution in [3.63, 3.8) is 0 Å². The van der Waals surface area contributed by atoms with E-state index < -0.39 is 11.7 Å². The zero-order valence-corrected chi connectivity index (χ0v) is 17.1. The molecule has 0 saturated carbocycles. The van der Waals surface area contributed by atoms with Gasteiger partial charge in [0.25, 0.3) is 5.91 Å². The number of amides is 1. The number of nitrogens with one attached hydrogen (secondary N) is 2. The topological polar surface area (TPSA) is 71.8 Å². The van der Waals surface area contributed by atoms with Gasteiger partial charge in [-0.1, -0.05) is 18.2 Å². The van der Waals surface area contributed by atoms with E-state index in [1.807, 2.05) is 32.0 Å². The van der Waals surface area contributed by atoms with E-state index in [0.717, 1.165) is 24.2 Å². The summed E-state index contributed by atoms with van der Waals surface area (Å²) in [6.45, 7) is 4.20. The fourth-order valence-corrected chi connectivity index (χ4v) is 3.76. The van der Waals surface area contributed by atoms with Crippen molar-refractivity contribution in [3.8, 4) is 0 Å². The van der Waals surface area contributed by atoms with Crippen LogP contribution < -0.4 is 10.6 Å². The van der Waals surface area contributed by atoms with E-state index >= 15 is 0 Å². The number of hydrogen-bond acceptors (Lipinski definition) is 4. The van der Waals surface area contributed by atoms with Gasteiger partial charge >= 0.3 is 6.18 Å². The predicted octanol–water partition coefficient (Wildman–Crippen LogP) is 4.52. The lowest BCUT2D eigenvalue weighted by Crippen LogP contribution is -2.38. The van der Waals surface area contributed by atoms with Crippen molar-refractivity contribution in [2.45, 2.75) is 44.6 Å². The summed E-state index contributed by atoms with van der Waals surface area (Å²) in [5, 5.41) is 10.5. The molecule has 1 atom stereocenters. The molecule has 0 fully saturated rings. The molecule has 31 heavy (non-hydrogen) atoms. The number of hydrogen-bond donors (Lipinski definition) is 2. The third kappa shape index (κ3) is 4.26. The largest absolute Gasteiger partial charge is 0.416 e. The molecule has 9 heteroatoms. The highest BCUT2D eigenvalue weighted by molar-refractivity contribution is 5.98. The number of anilines is 1. The van der Waals surface area contributed by atoms with Crippen molar-refractivity contribution >= 4 is 11.7 Å². The monoisotopic (exact) mass is 429 g/mol. The summed E-state index contributed by atoms with van der Waals surface area (Å²) < 4.78 is 39.9. The molecule has 0 bridgehead atoms. The number of benzene rings is 1. The van der Waals surface area contributed by atoms with E-state index in [-0.39, 0.29) is 24.0 Å². The Hall–Kier alpha value is -3.36. The molecule has 1 amide bonds. The molecule has 2 aromatic heterocycles. The molecule has 1 unspecified atom stereocenters. The highest BCUT2D eigenvalue weighted by Gasteiger charge is 2.37. The Morgan fingerprint density at radius 2 is 1.97 bits per heavy atom. The first-order valence-electron chi connectivity index (χ1n) is 9.85. The Morgan fingerprint density at radius 1 is 1.23 bits per heavy atom. The summed E-state index contributed by atoms with van der Waals surface area (Å²) in [5.74, 6) is 0.239. The number of aromatic nitrogens is 3. The fourth-order valence-electron chi connectivity index (χ4n) is 3.76. The van der Waals surface area contributed by atoms with E-state index in [9.17, 15) is 18.0 Å². The normalized spacial score (nSPS) is 17.5. The number of rotatable bonds is 4. The van der Waals surface area contributed by atoms with Gasteiger partial charge in [0, 0.05) is 12.7 Å². The van der Waals surface area contributed by atoms with E-state index in [1.54, 1.807) is 10.9 Å². The number of pyridine rings is 1. The van der Waals surface area contributed by atoms with Gasteiger partial charge in [-0.15, -0.1) is 0 Å². The average molecular weight is 429 g/mol. The van der Waals surface area contributed by atoms with Crippen LogP contribution in [0.1, 0.15) is 53.5 Å². The zero-order chi connectivity index (χ0) is 22.2. The highest BCUT2D eigenvalue weighted by atomic mass is 19.4. The van der Waals surface area contributed by atoms with Crippen LogP contribution in [0.15, 0.2) is 54.9 Å². The van der Waals surface area contributed by atoms with Crippen LogP contribution in [0.4, 0.5) is 19.0 Å². The molecule has 2 N–H and O–H groups in total.